The maximum atomic E-state index is 13.6. The zero-order chi connectivity index (χ0) is 13.8. The van der Waals surface area contributed by atoms with Gasteiger partial charge in [0.15, 0.2) is 5.82 Å². The monoisotopic (exact) mass is 285 g/mol. The Hall–Kier alpha value is -1.82. The van der Waals surface area contributed by atoms with Gasteiger partial charge in [0.1, 0.15) is 11.6 Å². The summed E-state index contributed by atoms with van der Waals surface area (Å²) in [5, 5.41) is -0.182. The number of ether oxygens (including phenoxy) is 1. The summed E-state index contributed by atoms with van der Waals surface area (Å²) in [5.74, 6) is -1.74. The van der Waals surface area contributed by atoms with Gasteiger partial charge in [0.25, 0.3) is 0 Å². The van der Waals surface area contributed by atoms with Crippen LogP contribution in [0.4, 0.5) is 8.78 Å². The summed E-state index contributed by atoms with van der Waals surface area (Å²) in [7, 11) is 0. The largest absolute Gasteiger partial charge is 0.463 e. The molecule has 0 saturated heterocycles. The van der Waals surface area contributed by atoms with E-state index in [-0.39, 0.29) is 22.7 Å². The van der Waals surface area contributed by atoms with Gasteiger partial charge in [-0.25, -0.2) is 8.78 Å². The Morgan fingerprint density at radius 3 is 2.47 bits per heavy atom. The third-order valence-electron chi connectivity index (χ3n) is 2.21. The molecule has 0 N–H and O–H groups in total. The van der Waals surface area contributed by atoms with Gasteiger partial charge in [-0.3, -0.25) is 0 Å². The Balaban J connectivity index is 2.47. The fraction of sp³-hybridized carbons (Fsp3) is 0.250. The first-order chi connectivity index (χ1) is 9.11. The lowest BCUT2D eigenvalue weighted by Gasteiger charge is -2.06. The van der Waals surface area contributed by atoms with Crippen molar-refractivity contribution in [2.45, 2.75) is 13.3 Å². The van der Waals surface area contributed by atoms with E-state index in [1.807, 2.05) is 6.92 Å². The van der Waals surface area contributed by atoms with Crippen molar-refractivity contribution in [2.75, 3.05) is 6.61 Å². The number of hydrogen-bond acceptors (Lipinski definition) is 4. The lowest BCUT2D eigenvalue weighted by atomic mass is 10.2. The molecule has 0 radical (unpaired) electrons. The highest BCUT2D eigenvalue weighted by molar-refractivity contribution is 6.28. The number of benzene rings is 1. The molecule has 0 aliphatic carbocycles. The summed E-state index contributed by atoms with van der Waals surface area (Å²) in [6.45, 7) is 2.28. The number of hydrogen-bond donors (Lipinski definition) is 0. The minimum Gasteiger partial charge on any atom is -0.463 e. The highest BCUT2D eigenvalue weighted by Gasteiger charge is 2.16. The molecule has 7 heteroatoms. The number of rotatable bonds is 4. The second-order valence-electron chi connectivity index (χ2n) is 3.66. The predicted molar refractivity (Wildman–Crippen MR) is 66.0 cm³/mol. The van der Waals surface area contributed by atoms with E-state index in [1.165, 1.54) is 6.07 Å². The van der Waals surface area contributed by atoms with Gasteiger partial charge >= 0.3 is 6.01 Å². The van der Waals surface area contributed by atoms with Crippen LogP contribution < -0.4 is 4.74 Å². The Kier molecular flexibility index (Phi) is 4.21. The molecule has 4 nitrogen and oxygen atoms in total. The first-order valence-corrected chi connectivity index (χ1v) is 5.98. The van der Waals surface area contributed by atoms with Gasteiger partial charge in [0.2, 0.25) is 5.28 Å². The van der Waals surface area contributed by atoms with E-state index >= 15 is 0 Å². The van der Waals surface area contributed by atoms with Crippen molar-refractivity contribution >= 4 is 11.6 Å². The molecule has 2 aromatic rings. The third kappa shape index (κ3) is 3.14. The molecule has 0 fully saturated rings. The molecule has 1 heterocycles. The quantitative estimate of drug-likeness (QED) is 0.865. The molecular weight excluding hydrogens is 276 g/mol. The van der Waals surface area contributed by atoms with Gasteiger partial charge in [0.05, 0.1) is 12.2 Å². The number of nitrogens with zero attached hydrogens (tertiary/aromatic N) is 3. The van der Waals surface area contributed by atoms with Crippen LogP contribution in [0.15, 0.2) is 18.2 Å². The van der Waals surface area contributed by atoms with Gasteiger partial charge in [-0.15, -0.1) is 0 Å². The lowest BCUT2D eigenvalue weighted by molar-refractivity contribution is 0.291. The first-order valence-electron chi connectivity index (χ1n) is 5.60. The van der Waals surface area contributed by atoms with E-state index < -0.39 is 11.6 Å². The highest BCUT2D eigenvalue weighted by atomic mass is 35.5. The molecule has 0 amide bonds. The van der Waals surface area contributed by atoms with Gasteiger partial charge in [0, 0.05) is 0 Å². The molecule has 19 heavy (non-hydrogen) atoms. The minimum absolute atomic E-state index is 0.0560. The van der Waals surface area contributed by atoms with Crippen LogP contribution in [0.25, 0.3) is 11.4 Å². The summed E-state index contributed by atoms with van der Waals surface area (Å²) in [4.78, 5) is 11.3. The Labute approximate surface area is 113 Å². The fourth-order valence-corrected chi connectivity index (χ4v) is 1.57. The van der Waals surface area contributed by atoms with Crippen LogP contribution in [-0.2, 0) is 0 Å². The van der Waals surface area contributed by atoms with Crippen molar-refractivity contribution in [3.05, 3.63) is 35.1 Å². The Bertz CT molecular complexity index is 575. The van der Waals surface area contributed by atoms with Crippen LogP contribution >= 0.6 is 11.6 Å². The summed E-state index contributed by atoms with van der Waals surface area (Å²) in [5.41, 5.74) is -0.354. The maximum absolute atomic E-state index is 13.6. The van der Waals surface area contributed by atoms with Crippen molar-refractivity contribution in [1.82, 2.24) is 15.0 Å². The van der Waals surface area contributed by atoms with E-state index in [0.717, 1.165) is 18.6 Å². The zero-order valence-electron chi connectivity index (χ0n) is 10.0. The lowest BCUT2D eigenvalue weighted by Crippen LogP contribution is -2.04. The van der Waals surface area contributed by atoms with E-state index in [0.29, 0.717) is 6.61 Å². The van der Waals surface area contributed by atoms with Gasteiger partial charge in [-0.1, -0.05) is 13.0 Å². The maximum Gasteiger partial charge on any atom is 0.321 e. The van der Waals surface area contributed by atoms with Gasteiger partial charge in [-0.05, 0) is 30.2 Å². The molecule has 0 atom stereocenters. The molecule has 0 aliphatic heterocycles. The standard InChI is InChI=1S/C12H10ClF2N3O/c1-2-6-19-12-17-10(16-11(13)18-12)9-7(14)4-3-5-8(9)15/h3-5H,2,6H2,1H3. The van der Waals surface area contributed by atoms with Crippen LogP contribution in [0.1, 0.15) is 13.3 Å². The average molecular weight is 286 g/mol. The zero-order valence-corrected chi connectivity index (χ0v) is 10.8. The Morgan fingerprint density at radius 2 is 1.84 bits per heavy atom. The second kappa shape index (κ2) is 5.88. The molecule has 1 aromatic carbocycles. The predicted octanol–water partition coefficient (Wildman–Crippen LogP) is 3.26. The summed E-state index contributed by atoms with van der Waals surface area (Å²) < 4.78 is 32.4. The van der Waals surface area contributed by atoms with Crippen LogP contribution in [-0.4, -0.2) is 21.6 Å². The van der Waals surface area contributed by atoms with Crippen molar-refractivity contribution in [3.8, 4) is 17.4 Å². The van der Waals surface area contributed by atoms with Crippen LogP contribution in [0, 0.1) is 11.6 Å². The second-order valence-corrected chi connectivity index (χ2v) is 3.99. The smallest absolute Gasteiger partial charge is 0.321 e. The number of halogens is 3. The molecule has 0 saturated carbocycles. The Morgan fingerprint density at radius 1 is 1.16 bits per heavy atom. The van der Waals surface area contributed by atoms with E-state index in [2.05, 4.69) is 15.0 Å². The van der Waals surface area contributed by atoms with E-state index in [9.17, 15) is 8.78 Å². The molecule has 0 aliphatic rings. The van der Waals surface area contributed by atoms with E-state index in [4.69, 9.17) is 16.3 Å². The van der Waals surface area contributed by atoms with Crippen LogP contribution in [0.2, 0.25) is 5.28 Å². The van der Waals surface area contributed by atoms with Crippen molar-refractivity contribution in [1.29, 1.82) is 0 Å². The molecule has 1 aromatic heterocycles. The minimum atomic E-state index is -0.774. The van der Waals surface area contributed by atoms with Crippen LogP contribution in [0.5, 0.6) is 6.01 Å². The summed E-state index contributed by atoms with van der Waals surface area (Å²) in [6, 6.07) is 3.43. The number of aromatic nitrogens is 3. The van der Waals surface area contributed by atoms with Crippen molar-refractivity contribution < 1.29 is 13.5 Å². The topological polar surface area (TPSA) is 47.9 Å². The normalized spacial score (nSPS) is 10.5. The van der Waals surface area contributed by atoms with Crippen LogP contribution in [0.3, 0.4) is 0 Å². The first kappa shape index (κ1) is 13.6. The van der Waals surface area contributed by atoms with Gasteiger partial charge in [-0.2, -0.15) is 15.0 Å². The molecule has 0 unspecified atom stereocenters. The molecule has 2 rings (SSSR count). The van der Waals surface area contributed by atoms with Gasteiger partial charge < -0.3 is 4.74 Å². The molecule has 100 valence electrons. The van der Waals surface area contributed by atoms with E-state index in [1.54, 1.807) is 0 Å². The average Bonchev–Trinajstić information content (AvgIpc) is 2.35. The summed E-state index contributed by atoms with van der Waals surface area (Å²) in [6.07, 6.45) is 0.743. The third-order valence-corrected chi connectivity index (χ3v) is 2.38. The highest BCUT2D eigenvalue weighted by Crippen LogP contribution is 2.24. The molecule has 0 bridgehead atoms. The van der Waals surface area contributed by atoms with Crippen molar-refractivity contribution in [3.63, 3.8) is 0 Å². The molecular formula is C12H10ClF2N3O. The van der Waals surface area contributed by atoms with Crippen molar-refractivity contribution in [2.24, 2.45) is 0 Å². The fourth-order valence-electron chi connectivity index (χ4n) is 1.41. The summed E-state index contributed by atoms with van der Waals surface area (Å²) >= 11 is 5.70. The molecule has 0 spiro atoms. The SMILES string of the molecule is CCCOc1nc(Cl)nc(-c2c(F)cccc2F)n1.